The second-order valence-electron chi connectivity index (χ2n) is 3.23. The molecule has 2 heterocycles. The van der Waals surface area contributed by atoms with Crippen LogP contribution in [0.15, 0.2) is 18.5 Å². The summed E-state index contributed by atoms with van der Waals surface area (Å²) in [5.74, 6) is 0.525. The topological polar surface area (TPSA) is 41.6 Å². The van der Waals surface area contributed by atoms with Gasteiger partial charge in [-0.2, -0.15) is 5.10 Å². The van der Waals surface area contributed by atoms with Crippen molar-refractivity contribution in [1.82, 2.24) is 15.2 Å². The number of rotatable bonds is 1. The van der Waals surface area contributed by atoms with E-state index in [4.69, 9.17) is 0 Å². The van der Waals surface area contributed by atoms with E-state index in [1.54, 1.807) is 6.20 Å². The van der Waals surface area contributed by atoms with Crippen molar-refractivity contribution >= 4 is 11.0 Å². The van der Waals surface area contributed by atoms with Gasteiger partial charge in [-0.15, -0.1) is 0 Å². The van der Waals surface area contributed by atoms with Crippen LogP contribution >= 0.6 is 0 Å². The summed E-state index contributed by atoms with van der Waals surface area (Å²) in [5.41, 5.74) is 2.11. The molecular weight excluding hydrogens is 198 g/mol. The second kappa shape index (κ2) is 7.85. The Balaban J connectivity index is 0.000000509. The summed E-state index contributed by atoms with van der Waals surface area (Å²) in [7, 11) is 0. The van der Waals surface area contributed by atoms with Gasteiger partial charge >= 0.3 is 0 Å². The third-order valence-electron chi connectivity index (χ3n) is 1.98. The van der Waals surface area contributed by atoms with Crippen molar-refractivity contribution in [3.8, 4) is 0 Å². The number of hydrogen-bond donors (Lipinski definition) is 1. The molecule has 2 aromatic rings. The van der Waals surface area contributed by atoms with Gasteiger partial charge in [-0.25, -0.2) is 4.98 Å². The largest absolute Gasteiger partial charge is 0.261 e. The van der Waals surface area contributed by atoms with E-state index in [2.05, 4.69) is 35.1 Å². The monoisotopic (exact) mass is 221 g/mol. The number of H-pyrrole nitrogens is 1. The Labute approximate surface area is 98.3 Å². The summed E-state index contributed by atoms with van der Waals surface area (Å²) in [6, 6.07) is 2.12. The maximum Gasteiger partial charge on any atom is 0.155 e. The first-order valence-electron chi connectivity index (χ1n) is 6.06. The first-order chi connectivity index (χ1) is 7.77. The number of aromatic nitrogens is 3. The minimum absolute atomic E-state index is 0.525. The molecule has 3 heteroatoms. The Morgan fingerprint density at radius 3 is 2.25 bits per heavy atom. The Hall–Kier alpha value is -1.38. The fourth-order valence-electron chi connectivity index (χ4n) is 1.17. The lowest BCUT2D eigenvalue weighted by Crippen LogP contribution is -1.88. The van der Waals surface area contributed by atoms with Gasteiger partial charge in [0, 0.05) is 11.6 Å². The summed E-state index contributed by atoms with van der Waals surface area (Å²) in [6.45, 7) is 12.3. The molecule has 0 aliphatic rings. The number of pyridine rings is 1. The number of hydrogen-bond acceptors (Lipinski definition) is 2. The Morgan fingerprint density at radius 2 is 1.69 bits per heavy atom. The van der Waals surface area contributed by atoms with E-state index >= 15 is 0 Å². The molecule has 0 fully saturated rings. The van der Waals surface area contributed by atoms with Crippen molar-refractivity contribution in [2.75, 3.05) is 0 Å². The first-order valence-corrected chi connectivity index (χ1v) is 6.06. The van der Waals surface area contributed by atoms with Crippen molar-refractivity contribution in [2.24, 2.45) is 0 Å². The van der Waals surface area contributed by atoms with Crippen LogP contribution in [-0.2, 0) is 0 Å². The highest BCUT2D eigenvalue weighted by Gasteiger charge is 2.01. The molecule has 0 amide bonds. The molecule has 0 aliphatic carbocycles. The summed E-state index contributed by atoms with van der Waals surface area (Å²) < 4.78 is 0. The van der Waals surface area contributed by atoms with Crippen LogP contribution in [0.4, 0.5) is 0 Å². The molecule has 90 valence electrons. The number of fused-ring (bicyclic) bond motifs is 1. The van der Waals surface area contributed by atoms with Crippen LogP contribution in [0.25, 0.3) is 11.0 Å². The predicted octanol–water partition coefficient (Wildman–Crippen LogP) is 4.13. The quantitative estimate of drug-likeness (QED) is 0.786. The third-order valence-corrected chi connectivity index (χ3v) is 1.98. The van der Waals surface area contributed by atoms with Gasteiger partial charge in [-0.1, -0.05) is 41.5 Å². The van der Waals surface area contributed by atoms with Crippen molar-refractivity contribution in [3.05, 3.63) is 24.0 Å². The van der Waals surface area contributed by atoms with Crippen LogP contribution in [0, 0.1) is 0 Å². The molecule has 0 aromatic carbocycles. The van der Waals surface area contributed by atoms with Gasteiger partial charge in [0.1, 0.15) is 0 Å². The van der Waals surface area contributed by atoms with Crippen LogP contribution in [0.2, 0.25) is 0 Å². The number of aromatic amines is 1. The van der Waals surface area contributed by atoms with E-state index in [1.165, 1.54) is 5.56 Å². The molecule has 0 atom stereocenters. The fourth-order valence-corrected chi connectivity index (χ4v) is 1.17. The summed E-state index contributed by atoms with van der Waals surface area (Å²) >= 11 is 0. The molecular formula is C13H23N3. The SMILES string of the molecule is CC.CC.CC(C)c1cnc2[nH]ncc2c1. The van der Waals surface area contributed by atoms with Gasteiger partial charge in [0.25, 0.3) is 0 Å². The van der Waals surface area contributed by atoms with Crippen molar-refractivity contribution < 1.29 is 0 Å². The van der Waals surface area contributed by atoms with E-state index < -0.39 is 0 Å². The summed E-state index contributed by atoms with van der Waals surface area (Å²) in [4.78, 5) is 4.24. The maximum absolute atomic E-state index is 4.24. The van der Waals surface area contributed by atoms with E-state index in [9.17, 15) is 0 Å². The Kier molecular flexibility index (Phi) is 7.18. The van der Waals surface area contributed by atoms with Crippen LogP contribution < -0.4 is 0 Å². The number of nitrogens with one attached hydrogen (secondary N) is 1. The second-order valence-corrected chi connectivity index (χ2v) is 3.23. The molecule has 2 rings (SSSR count). The molecule has 0 spiro atoms. The smallest absolute Gasteiger partial charge is 0.155 e. The molecule has 0 aliphatic heterocycles. The molecule has 0 saturated carbocycles. The predicted molar refractivity (Wildman–Crippen MR) is 70.7 cm³/mol. The van der Waals surface area contributed by atoms with Gasteiger partial charge < -0.3 is 0 Å². The van der Waals surface area contributed by atoms with E-state index in [1.807, 2.05) is 33.9 Å². The highest BCUT2D eigenvalue weighted by atomic mass is 15.1. The third kappa shape index (κ3) is 3.65. The van der Waals surface area contributed by atoms with Gasteiger partial charge in [-0.3, -0.25) is 5.10 Å². The van der Waals surface area contributed by atoms with Crippen molar-refractivity contribution in [2.45, 2.75) is 47.5 Å². The highest BCUT2D eigenvalue weighted by molar-refractivity contribution is 5.74. The zero-order valence-electron chi connectivity index (χ0n) is 11.2. The molecule has 0 bridgehead atoms. The normalized spacial score (nSPS) is 9.19. The summed E-state index contributed by atoms with van der Waals surface area (Å²) in [5, 5.41) is 7.82. The molecule has 16 heavy (non-hydrogen) atoms. The molecule has 0 saturated heterocycles. The standard InChI is InChI=1S/C9H11N3.2C2H6/c1-6(2)7-3-8-5-11-12-9(8)10-4-7;2*1-2/h3-6H,1-2H3,(H,10,11,12);2*1-2H3. The van der Waals surface area contributed by atoms with Gasteiger partial charge in [0.05, 0.1) is 6.20 Å². The van der Waals surface area contributed by atoms with Crippen LogP contribution in [0.5, 0.6) is 0 Å². The maximum atomic E-state index is 4.24. The summed E-state index contributed by atoms with van der Waals surface area (Å²) in [6.07, 6.45) is 3.69. The average Bonchev–Trinajstić information content (AvgIpc) is 2.81. The minimum atomic E-state index is 0.525. The fraction of sp³-hybridized carbons (Fsp3) is 0.538. The lowest BCUT2D eigenvalue weighted by atomic mass is 10.1. The van der Waals surface area contributed by atoms with E-state index in [0.717, 1.165) is 11.0 Å². The zero-order valence-corrected chi connectivity index (χ0v) is 11.2. The van der Waals surface area contributed by atoms with Crippen molar-refractivity contribution in [3.63, 3.8) is 0 Å². The van der Waals surface area contributed by atoms with Gasteiger partial charge in [0.2, 0.25) is 0 Å². The number of nitrogens with zero attached hydrogens (tertiary/aromatic N) is 2. The highest BCUT2D eigenvalue weighted by Crippen LogP contribution is 2.16. The first kappa shape index (κ1) is 14.6. The van der Waals surface area contributed by atoms with Crippen LogP contribution in [0.3, 0.4) is 0 Å². The zero-order chi connectivity index (χ0) is 12.6. The van der Waals surface area contributed by atoms with Crippen LogP contribution in [0.1, 0.15) is 53.0 Å². The van der Waals surface area contributed by atoms with Gasteiger partial charge in [-0.05, 0) is 17.5 Å². The average molecular weight is 221 g/mol. The Morgan fingerprint density at radius 1 is 1.06 bits per heavy atom. The van der Waals surface area contributed by atoms with Gasteiger partial charge in [0.15, 0.2) is 5.65 Å². The van der Waals surface area contributed by atoms with Crippen LogP contribution in [-0.4, -0.2) is 15.2 Å². The minimum Gasteiger partial charge on any atom is -0.261 e. The molecule has 2 aromatic heterocycles. The van der Waals surface area contributed by atoms with E-state index in [0.29, 0.717) is 5.92 Å². The molecule has 0 unspecified atom stereocenters. The lowest BCUT2D eigenvalue weighted by molar-refractivity contribution is 0.861. The molecule has 0 radical (unpaired) electrons. The Bertz CT molecular complexity index is 391. The molecule has 1 N–H and O–H groups in total. The molecule has 3 nitrogen and oxygen atoms in total. The van der Waals surface area contributed by atoms with E-state index in [-0.39, 0.29) is 0 Å². The lowest BCUT2D eigenvalue weighted by Gasteiger charge is -2.02. The van der Waals surface area contributed by atoms with Crippen molar-refractivity contribution in [1.29, 1.82) is 0 Å².